The van der Waals surface area contributed by atoms with Crippen LogP contribution >= 0.6 is 11.3 Å². The summed E-state index contributed by atoms with van der Waals surface area (Å²) in [4.78, 5) is 15.4. The monoisotopic (exact) mass is 390 g/mol. The van der Waals surface area contributed by atoms with Gasteiger partial charge in [0.2, 0.25) is 0 Å². The second-order valence-electron chi connectivity index (χ2n) is 6.48. The average molecular weight is 391 g/mol. The molecule has 2 N–H and O–H groups in total. The highest BCUT2D eigenvalue weighted by molar-refractivity contribution is 7.09. The van der Waals surface area contributed by atoms with Crippen LogP contribution in [0.4, 0.5) is 10.2 Å². The first-order valence-electron chi connectivity index (χ1n) is 9.53. The molecule has 0 amide bonds. The topological polar surface area (TPSA) is 65.4 Å². The van der Waals surface area contributed by atoms with E-state index in [1.807, 2.05) is 4.90 Å². The van der Waals surface area contributed by atoms with Crippen LogP contribution < -0.4 is 15.5 Å². The van der Waals surface area contributed by atoms with Gasteiger partial charge in [0.1, 0.15) is 0 Å². The van der Waals surface area contributed by atoms with Crippen molar-refractivity contribution in [1.82, 2.24) is 20.6 Å². The zero-order chi connectivity index (χ0) is 19.1. The third-order valence-corrected chi connectivity index (χ3v) is 5.49. The van der Waals surface area contributed by atoms with Crippen molar-refractivity contribution >= 4 is 23.1 Å². The molecule has 1 aliphatic rings. The van der Waals surface area contributed by atoms with Crippen LogP contribution in [0, 0.1) is 5.82 Å². The van der Waals surface area contributed by atoms with Crippen molar-refractivity contribution in [2.45, 2.75) is 39.2 Å². The molecule has 0 aliphatic carbocycles. The molecule has 6 nitrogen and oxygen atoms in total. The van der Waals surface area contributed by atoms with Gasteiger partial charge in [-0.25, -0.2) is 14.4 Å². The summed E-state index contributed by atoms with van der Waals surface area (Å²) in [5, 5.41) is 10.0. The molecular formula is C19H27FN6S. The fraction of sp³-hybridized carbons (Fsp3) is 0.526. The van der Waals surface area contributed by atoms with Gasteiger partial charge in [-0.05, 0) is 31.9 Å². The summed E-state index contributed by atoms with van der Waals surface area (Å²) < 4.78 is 13.9. The van der Waals surface area contributed by atoms with Crippen molar-refractivity contribution in [2.24, 2.45) is 4.99 Å². The highest BCUT2D eigenvalue weighted by Crippen LogP contribution is 2.20. The molecule has 1 saturated heterocycles. The smallest absolute Gasteiger partial charge is 0.191 e. The molecule has 3 rings (SSSR count). The summed E-state index contributed by atoms with van der Waals surface area (Å²) >= 11 is 1.71. The van der Waals surface area contributed by atoms with Gasteiger partial charge in [-0.1, -0.05) is 6.92 Å². The molecule has 3 heterocycles. The Morgan fingerprint density at radius 2 is 2.33 bits per heavy atom. The van der Waals surface area contributed by atoms with Gasteiger partial charge in [0, 0.05) is 50.2 Å². The van der Waals surface area contributed by atoms with Crippen molar-refractivity contribution in [1.29, 1.82) is 0 Å². The van der Waals surface area contributed by atoms with E-state index in [1.165, 1.54) is 11.1 Å². The quantitative estimate of drug-likeness (QED) is 0.562. The van der Waals surface area contributed by atoms with Gasteiger partial charge in [0.15, 0.2) is 17.6 Å². The molecule has 0 spiro atoms. The molecule has 8 heteroatoms. The van der Waals surface area contributed by atoms with E-state index in [2.05, 4.69) is 44.8 Å². The van der Waals surface area contributed by atoms with Gasteiger partial charge in [0.05, 0.1) is 10.7 Å². The number of aliphatic imine (C=N–C) groups is 1. The van der Waals surface area contributed by atoms with Crippen LogP contribution in [0.5, 0.6) is 0 Å². The average Bonchev–Trinajstić information content (AvgIpc) is 3.32. The summed E-state index contributed by atoms with van der Waals surface area (Å²) in [5.74, 6) is 0.962. The molecule has 146 valence electrons. The molecule has 2 aromatic heterocycles. The number of hydrogen-bond donors (Lipinski definition) is 2. The van der Waals surface area contributed by atoms with Gasteiger partial charge in [-0.15, -0.1) is 11.3 Å². The van der Waals surface area contributed by atoms with Crippen molar-refractivity contribution in [3.63, 3.8) is 0 Å². The molecule has 0 aromatic carbocycles. The van der Waals surface area contributed by atoms with Crippen LogP contribution in [-0.4, -0.2) is 48.1 Å². The number of guanidine groups is 1. The fourth-order valence-electron chi connectivity index (χ4n) is 3.10. The Bertz CT molecular complexity index is 762. The van der Waals surface area contributed by atoms with Crippen molar-refractivity contribution in [3.05, 3.63) is 40.2 Å². The van der Waals surface area contributed by atoms with E-state index in [4.69, 9.17) is 0 Å². The van der Waals surface area contributed by atoms with E-state index in [-0.39, 0.29) is 11.9 Å². The second-order valence-corrected chi connectivity index (χ2v) is 7.42. The number of rotatable bonds is 7. The maximum absolute atomic E-state index is 13.9. The number of nitrogens with zero attached hydrogens (tertiary/aromatic N) is 4. The summed E-state index contributed by atoms with van der Waals surface area (Å²) in [7, 11) is 0. The summed E-state index contributed by atoms with van der Waals surface area (Å²) in [6, 6.07) is 3.29. The van der Waals surface area contributed by atoms with Crippen molar-refractivity contribution in [2.75, 3.05) is 31.1 Å². The minimum atomic E-state index is -0.270. The molecule has 1 aliphatic heterocycles. The van der Waals surface area contributed by atoms with Crippen LogP contribution in [0.3, 0.4) is 0 Å². The SMILES string of the molecule is CCNC(=NCCc1csc(CC)n1)NC1CCN(c2ncccc2F)C1. The maximum atomic E-state index is 13.9. The normalized spacial score (nSPS) is 17.4. The molecule has 0 bridgehead atoms. The lowest BCUT2D eigenvalue weighted by Gasteiger charge is -2.19. The van der Waals surface area contributed by atoms with Crippen LogP contribution in [0.25, 0.3) is 0 Å². The molecule has 1 atom stereocenters. The van der Waals surface area contributed by atoms with Crippen molar-refractivity contribution < 1.29 is 4.39 Å². The Hall–Kier alpha value is -2.22. The minimum Gasteiger partial charge on any atom is -0.357 e. The molecule has 27 heavy (non-hydrogen) atoms. The second kappa shape index (κ2) is 9.64. The fourth-order valence-corrected chi connectivity index (χ4v) is 3.88. The van der Waals surface area contributed by atoms with E-state index in [0.29, 0.717) is 18.9 Å². The Morgan fingerprint density at radius 3 is 3.07 bits per heavy atom. The van der Waals surface area contributed by atoms with Crippen LogP contribution in [-0.2, 0) is 12.8 Å². The lowest BCUT2D eigenvalue weighted by atomic mass is 10.3. The highest BCUT2D eigenvalue weighted by Gasteiger charge is 2.25. The molecular weight excluding hydrogens is 363 g/mol. The zero-order valence-corrected chi connectivity index (χ0v) is 16.7. The van der Waals surface area contributed by atoms with Gasteiger partial charge < -0.3 is 15.5 Å². The third kappa shape index (κ3) is 5.38. The minimum absolute atomic E-state index is 0.218. The molecule has 1 unspecified atom stereocenters. The standard InChI is InChI=1S/C19H27FN6S/c1-3-17-24-15(13-27-17)7-10-23-19(21-4-2)25-14-8-11-26(12-14)18-16(20)6-5-9-22-18/h5-6,9,13-14H,3-4,7-8,10-12H2,1-2H3,(H2,21,23,25). The predicted octanol–water partition coefficient (Wildman–Crippen LogP) is 2.62. The highest BCUT2D eigenvalue weighted by atomic mass is 32.1. The lowest BCUT2D eigenvalue weighted by Crippen LogP contribution is -2.44. The van der Waals surface area contributed by atoms with E-state index in [0.717, 1.165) is 44.0 Å². The molecule has 0 saturated carbocycles. The van der Waals surface area contributed by atoms with Gasteiger partial charge >= 0.3 is 0 Å². The van der Waals surface area contributed by atoms with Gasteiger partial charge in [-0.2, -0.15) is 0 Å². The van der Waals surface area contributed by atoms with E-state index in [1.54, 1.807) is 23.6 Å². The van der Waals surface area contributed by atoms with Crippen molar-refractivity contribution in [3.8, 4) is 0 Å². The Morgan fingerprint density at radius 1 is 1.44 bits per heavy atom. The number of nitrogens with one attached hydrogen (secondary N) is 2. The first-order chi connectivity index (χ1) is 13.2. The van der Waals surface area contributed by atoms with Gasteiger partial charge in [0.25, 0.3) is 0 Å². The number of anilines is 1. The number of aromatic nitrogens is 2. The summed E-state index contributed by atoms with van der Waals surface area (Å²) in [5.41, 5.74) is 1.11. The summed E-state index contributed by atoms with van der Waals surface area (Å²) in [6.07, 6.45) is 4.37. The van der Waals surface area contributed by atoms with Crippen LogP contribution in [0.2, 0.25) is 0 Å². The van der Waals surface area contributed by atoms with Crippen LogP contribution in [0.1, 0.15) is 31.0 Å². The molecule has 0 radical (unpaired) electrons. The predicted molar refractivity (Wildman–Crippen MR) is 109 cm³/mol. The zero-order valence-electron chi connectivity index (χ0n) is 15.9. The number of pyridine rings is 1. The molecule has 1 fully saturated rings. The Balaban J connectivity index is 1.54. The number of aryl methyl sites for hydroxylation is 1. The lowest BCUT2D eigenvalue weighted by molar-refractivity contribution is 0.612. The molecule has 2 aromatic rings. The first kappa shape index (κ1) is 19.5. The largest absolute Gasteiger partial charge is 0.357 e. The number of halogens is 1. The van der Waals surface area contributed by atoms with Crippen LogP contribution in [0.15, 0.2) is 28.7 Å². The van der Waals surface area contributed by atoms with E-state index in [9.17, 15) is 4.39 Å². The van der Waals surface area contributed by atoms with E-state index >= 15 is 0 Å². The maximum Gasteiger partial charge on any atom is 0.191 e. The van der Waals surface area contributed by atoms with E-state index < -0.39 is 0 Å². The number of thiazole rings is 1. The Labute approximate surface area is 163 Å². The number of hydrogen-bond acceptors (Lipinski definition) is 5. The third-order valence-electron chi connectivity index (χ3n) is 4.45. The summed E-state index contributed by atoms with van der Waals surface area (Å²) in [6.45, 7) is 7.15. The Kier molecular flexibility index (Phi) is 6.98. The van der Waals surface area contributed by atoms with Gasteiger partial charge in [-0.3, -0.25) is 4.99 Å². The first-order valence-corrected chi connectivity index (χ1v) is 10.4.